The van der Waals surface area contributed by atoms with Gasteiger partial charge in [0.2, 0.25) is 0 Å². The summed E-state index contributed by atoms with van der Waals surface area (Å²) in [5.41, 5.74) is 8.86. The zero-order valence-corrected chi connectivity index (χ0v) is 24.7. The maximum absolute atomic E-state index is 14.4. The van der Waals surface area contributed by atoms with Crippen molar-refractivity contribution in [2.24, 2.45) is 0 Å². The molecule has 12 heteroatoms. The molecule has 5 rings (SSSR count). The molecular formula is C29H33FN6O4Si. The zero-order valence-electron chi connectivity index (χ0n) is 23.7. The molecule has 0 spiro atoms. The maximum Gasteiger partial charge on any atom is 0.340 e. The Bertz CT molecular complexity index is 1710. The van der Waals surface area contributed by atoms with Gasteiger partial charge < -0.3 is 19.9 Å². The normalized spacial score (nSPS) is 12.6. The molecule has 0 aliphatic carbocycles. The van der Waals surface area contributed by atoms with Crippen molar-refractivity contribution >= 4 is 41.7 Å². The Hall–Kier alpha value is -4.29. The van der Waals surface area contributed by atoms with Crippen molar-refractivity contribution in [2.75, 3.05) is 19.5 Å². The van der Waals surface area contributed by atoms with E-state index in [1.54, 1.807) is 16.9 Å². The Morgan fingerprint density at radius 2 is 1.93 bits per heavy atom. The molecule has 1 unspecified atom stereocenters. The summed E-state index contributed by atoms with van der Waals surface area (Å²) >= 11 is 0. The molecule has 2 aromatic carbocycles. The van der Waals surface area contributed by atoms with E-state index >= 15 is 0 Å². The van der Waals surface area contributed by atoms with Crippen LogP contribution in [0.4, 0.5) is 10.2 Å². The zero-order chi connectivity index (χ0) is 29.3. The number of halogens is 1. The molecule has 0 saturated heterocycles. The third-order valence-electron chi connectivity index (χ3n) is 6.79. The average Bonchev–Trinajstić information content (AvgIpc) is 3.60. The number of aromatic nitrogens is 5. The highest BCUT2D eigenvalue weighted by Crippen LogP contribution is 2.34. The van der Waals surface area contributed by atoms with Crippen molar-refractivity contribution < 1.29 is 23.4 Å². The van der Waals surface area contributed by atoms with Gasteiger partial charge >= 0.3 is 5.97 Å². The first-order valence-corrected chi connectivity index (χ1v) is 17.0. The maximum atomic E-state index is 14.4. The number of ether oxygens (including phenoxy) is 3. The van der Waals surface area contributed by atoms with Gasteiger partial charge in [-0.1, -0.05) is 19.6 Å². The number of anilines is 1. The molecule has 2 N–H and O–H groups in total. The number of carbonyl (C=O) groups is 1. The van der Waals surface area contributed by atoms with Crippen LogP contribution < -0.4 is 10.5 Å². The van der Waals surface area contributed by atoms with Crippen LogP contribution in [0.15, 0.2) is 55.0 Å². The molecule has 1 atom stereocenters. The molecule has 0 amide bonds. The number of nitrogens with zero attached hydrogens (tertiary/aromatic N) is 5. The van der Waals surface area contributed by atoms with Gasteiger partial charge in [-0.3, -0.25) is 0 Å². The van der Waals surface area contributed by atoms with Crippen LogP contribution in [0.1, 0.15) is 28.9 Å². The molecular weight excluding hydrogens is 543 g/mol. The molecule has 0 bridgehead atoms. The summed E-state index contributed by atoms with van der Waals surface area (Å²) in [6.07, 6.45) is 4.87. The number of carbonyl (C=O) groups excluding carboxylic acids is 1. The number of esters is 1. The number of nitrogen functional groups attached to an aromatic ring is 1. The minimum Gasteiger partial charge on any atom is -0.482 e. The Morgan fingerprint density at radius 1 is 1.12 bits per heavy atom. The predicted octanol–water partition coefficient (Wildman–Crippen LogP) is 5.73. The summed E-state index contributed by atoms with van der Waals surface area (Å²) < 4.78 is 35.0. The minimum absolute atomic E-state index is 0.0946. The predicted molar refractivity (Wildman–Crippen MR) is 157 cm³/mol. The Labute approximate surface area is 237 Å². The van der Waals surface area contributed by atoms with Gasteiger partial charge in [-0.15, -0.1) is 0 Å². The van der Waals surface area contributed by atoms with Crippen LogP contribution in [0.5, 0.6) is 5.75 Å². The number of nitrogens with two attached hydrogens (primary N) is 1. The fourth-order valence-corrected chi connectivity index (χ4v) is 5.26. The highest BCUT2D eigenvalue weighted by Gasteiger charge is 2.21. The Balaban J connectivity index is 1.49. The van der Waals surface area contributed by atoms with Crippen LogP contribution in [0, 0.1) is 5.82 Å². The summed E-state index contributed by atoms with van der Waals surface area (Å²) in [6.45, 7) is 9.87. The van der Waals surface area contributed by atoms with Crippen molar-refractivity contribution in [1.82, 2.24) is 24.5 Å². The number of fused-ring (bicyclic) bond motifs is 2. The summed E-state index contributed by atoms with van der Waals surface area (Å²) in [6, 6.07) is 11.1. The molecule has 0 fully saturated rings. The second-order valence-electron chi connectivity index (χ2n) is 11.1. The lowest BCUT2D eigenvalue weighted by molar-refractivity contribution is 0.0595. The molecule has 41 heavy (non-hydrogen) atoms. The van der Waals surface area contributed by atoms with Gasteiger partial charge in [0.25, 0.3) is 0 Å². The van der Waals surface area contributed by atoms with Crippen LogP contribution in [0.3, 0.4) is 0 Å². The van der Waals surface area contributed by atoms with E-state index in [2.05, 4.69) is 34.8 Å². The number of rotatable bonds is 10. The van der Waals surface area contributed by atoms with Crippen LogP contribution in [0.2, 0.25) is 25.7 Å². The van der Waals surface area contributed by atoms with Gasteiger partial charge in [0.15, 0.2) is 11.6 Å². The lowest BCUT2D eigenvalue weighted by Gasteiger charge is -2.20. The van der Waals surface area contributed by atoms with E-state index < -0.39 is 26.0 Å². The minimum atomic E-state index is -1.21. The lowest BCUT2D eigenvalue weighted by Crippen LogP contribution is -2.22. The largest absolute Gasteiger partial charge is 0.482 e. The van der Waals surface area contributed by atoms with E-state index in [-0.39, 0.29) is 11.4 Å². The molecule has 0 aliphatic rings. The fraction of sp³-hybridized carbons (Fsp3) is 0.310. The lowest BCUT2D eigenvalue weighted by atomic mass is 10.1. The monoisotopic (exact) mass is 576 g/mol. The molecule has 5 aromatic rings. The van der Waals surface area contributed by atoms with E-state index in [1.807, 2.05) is 42.2 Å². The van der Waals surface area contributed by atoms with Crippen molar-refractivity contribution in [3.05, 3.63) is 71.9 Å². The van der Waals surface area contributed by atoms with Gasteiger partial charge in [-0.25, -0.2) is 23.5 Å². The SMILES string of the molecule is COC(=O)c1cc2cc(OC(C)c3cc4c(cnn4COCC[Si](C)(C)C)cc3-n3cccn3)c(N)nc2cc1F. The summed E-state index contributed by atoms with van der Waals surface area (Å²) in [7, 11) is -0.00832. The highest BCUT2D eigenvalue weighted by molar-refractivity contribution is 6.76. The molecule has 0 aliphatic heterocycles. The van der Waals surface area contributed by atoms with E-state index in [1.165, 1.54) is 13.2 Å². The second-order valence-corrected chi connectivity index (χ2v) is 16.7. The van der Waals surface area contributed by atoms with Gasteiger partial charge in [0.05, 0.1) is 35.6 Å². The Kier molecular flexibility index (Phi) is 7.78. The number of methoxy groups -OCH3 is 1. The highest BCUT2D eigenvalue weighted by atomic mass is 28.3. The molecule has 3 aromatic heterocycles. The van der Waals surface area contributed by atoms with E-state index in [9.17, 15) is 9.18 Å². The standard InChI is InChI=1S/C29H33FN6O4Si/c1-18(40-27-13-19-11-22(29(37)38-2)23(30)15-24(19)34-28(27)31)21-14-25-20(12-26(21)35-8-6-7-32-35)16-33-36(25)17-39-9-10-41(3,4)5/h6-8,11-16,18H,9-10,17H2,1-5H3,(H2,31,34). The number of pyridine rings is 1. The van der Waals surface area contributed by atoms with Crippen molar-refractivity contribution in [2.45, 2.75) is 45.4 Å². The van der Waals surface area contributed by atoms with Crippen molar-refractivity contribution in [3.63, 3.8) is 0 Å². The van der Waals surface area contributed by atoms with Crippen molar-refractivity contribution in [3.8, 4) is 11.4 Å². The summed E-state index contributed by atoms with van der Waals surface area (Å²) in [5.74, 6) is -1.13. The summed E-state index contributed by atoms with van der Waals surface area (Å²) in [4.78, 5) is 16.3. The molecule has 0 radical (unpaired) electrons. The van der Waals surface area contributed by atoms with Crippen LogP contribution in [-0.4, -0.2) is 52.3 Å². The Morgan fingerprint density at radius 3 is 2.63 bits per heavy atom. The molecule has 10 nitrogen and oxygen atoms in total. The average molecular weight is 577 g/mol. The van der Waals surface area contributed by atoms with Crippen LogP contribution in [-0.2, 0) is 16.2 Å². The first-order chi connectivity index (χ1) is 19.5. The topological polar surface area (TPSA) is 119 Å². The third-order valence-corrected chi connectivity index (χ3v) is 8.50. The first kappa shape index (κ1) is 28.2. The molecule has 0 saturated carbocycles. The number of hydrogen-bond donors (Lipinski definition) is 1. The fourth-order valence-electron chi connectivity index (χ4n) is 4.50. The van der Waals surface area contributed by atoms with Crippen LogP contribution in [0.25, 0.3) is 27.5 Å². The van der Waals surface area contributed by atoms with E-state index in [0.717, 1.165) is 34.3 Å². The van der Waals surface area contributed by atoms with Crippen LogP contribution >= 0.6 is 0 Å². The van der Waals surface area contributed by atoms with Crippen molar-refractivity contribution in [1.29, 1.82) is 0 Å². The molecule has 3 heterocycles. The smallest absolute Gasteiger partial charge is 0.340 e. The first-order valence-electron chi connectivity index (χ1n) is 13.3. The quantitative estimate of drug-likeness (QED) is 0.127. The number of hydrogen-bond acceptors (Lipinski definition) is 8. The van der Waals surface area contributed by atoms with Gasteiger partial charge in [-0.05, 0) is 43.3 Å². The third kappa shape index (κ3) is 6.08. The summed E-state index contributed by atoms with van der Waals surface area (Å²) in [5, 5.41) is 10.4. The van der Waals surface area contributed by atoms with Gasteiger partial charge in [0.1, 0.15) is 18.7 Å². The van der Waals surface area contributed by atoms with E-state index in [0.29, 0.717) is 30.0 Å². The molecule has 214 valence electrons. The second kappa shape index (κ2) is 11.3. The van der Waals surface area contributed by atoms with E-state index in [4.69, 9.17) is 19.9 Å². The number of benzene rings is 2. The van der Waals surface area contributed by atoms with Gasteiger partial charge in [-0.2, -0.15) is 10.2 Å². The van der Waals surface area contributed by atoms with Gasteiger partial charge in [0, 0.05) is 49.5 Å².